The van der Waals surface area contributed by atoms with Crippen molar-refractivity contribution in [3.05, 3.63) is 41.5 Å². The molecule has 1 amide bonds. The van der Waals surface area contributed by atoms with Gasteiger partial charge in [0.25, 0.3) is 0 Å². The summed E-state index contributed by atoms with van der Waals surface area (Å²) in [5.41, 5.74) is 3.88. The maximum atomic E-state index is 12.1. The Kier molecular flexibility index (Phi) is 4.95. The third-order valence-corrected chi connectivity index (χ3v) is 5.22. The largest absolute Gasteiger partial charge is 0.353 e. The molecule has 2 aromatic heterocycles. The Hall–Kier alpha value is -2.52. The molecule has 0 radical (unpaired) electrons. The Morgan fingerprint density at radius 3 is 2.92 bits per heavy atom. The molecular weight excluding hydrogens is 332 g/mol. The number of carbonyl (C=O) groups excluding carboxylic acids is 1. The molecule has 0 fully saturated rings. The molecular formula is C19H20N4OS. The predicted molar refractivity (Wildman–Crippen MR) is 101 cm³/mol. The summed E-state index contributed by atoms with van der Waals surface area (Å²) in [7, 11) is 0. The van der Waals surface area contributed by atoms with E-state index >= 15 is 0 Å². The fraction of sp³-hybridized carbons (Fsp3) is 0.316. The van der Waals surface area contributed by atoms with Crippen LogP contribution in [0.3, 0.4) is 0 Å². The van der Waals surface area contributed by atoms with Crippen molar-refractivity contribution in [2.24, 2.45) is 0 Å². The van der Waals surface area contributed by atoms with Crippen LogP contribution in [0.15, 0.2) is 35.4 Å². The van der Waals surface area contributed by atoms with Crippen LogP contribution in [0.25, 0.3) is 16.7 Å². The number of thioether (sulfide) groups is 1. The third-order valence-electron chi connectivity index (χ3n) is 4.22. The summed E-state index contributed by atoms with van der Waals surface area (Å²) in [5.74, 6) is 0.344. The SMILES string of the molecule is CC[C@H](C)NC(=O)CSc1cc(C)c(C#N)c2nc3ccccc3n12. The number of pyridine rings is 1. The monoisotopic (exact) mass is 352 g/mol. The van der Waals surface area contributed by atoms with Crippen LogP contribution in [-0.4, -0.2) is 27.1 Å². The molecule has 0 unspecified atom stereocenters. The van der Waals surface area contributed by atoms with Crippen molar-refractivity contribution >= 4 is 34.3 Å². The van der Waals surface area contributed by atoms with E-state index < -0.39 is 0 Å². The molecule has 3 aromatic rings. The fourth-order valence-corrected chi connectivity index (χ4v) is 3.65. The van der Waals surface area contributed by atoms with Gasteiger partial charge in [-0.05, 0) is 44.0 Å². The molecule has 2 heterocycles. The van der Waals surface area contributed by atoms with E-state index in [4.69, 9.17) is 0 Å². The molecule has 1 aromatic carbocycles. The second kappa shape index (κ2) is 7.16. The number of fused-ring (bicyclic) bond motifs is 3. The van der Waals surface area contributed by atoms with Gasteiger partial charge < -0.3 is 5.32 Å². The average molecular weight is 352 g/mol. The highest BCUT2D eigenvalue weighted by Gasteiger charge is 2.16. The predicted octanol–water partition coefficient (Wildman–Crippen LogP) is 3.67. The summed E-state index contributed by atoms with van der Waals surface area (Å²) in [4.78, 5) is 16.7. The molecule has 0 aliphatic heterocycles. The van der Waals surface area contributed by atoms with Crippen LogP contribution in [-0.2, 0) is 4.79 Å². The number of hydrogen-bond donors (Lipinski definition) is 1. The number of rotatable bonds is 5. The number of nitrogens with zero attached hydrogens (tertiary/aromatic N) is 3. The molecule has 0 bridgehead atoms. The van der Waals surface area contributed by atoms with E-state index in [9.17, 15) is 10.1 Å². The highest BCUT2D eigenvalue weighted by Crippen LogP contribution is 2.29. The highest BCUT2D eigenvalue weighted by molar-refractivity contribution is 7.99. The number of benzene rings is 1. The number of aryl methyl sites for hydroxylation is 1. The van der Waals surface area contributed by atoms with E-state index in [1.54, 1.807) is 0 Å². The maximum absolute atomic E-state index is 12.1. The minimum atomic E-state index is 0.0129. The van der Waals surface area contributed by atoms with Crippen molar-refractivity contribution in [1.82, 2.24) is 14.7 Å². The van der Waals surface area contributed by atoms with Gasteiger partial charge in [0.05, 0.1) is 27.4 Å². The second-order valence-electron chi connectivity index (χ2n) is 6.08. The Bertz CT molecular complexity index is 986. The summed E-state index contributed by atoms with van der Waals surface area (Å²) >= 11 is 1.46. The molecule has 0 aliphatic carbocycles. The highest BCUT2D eigenvalue weighted by atomic mass is 32.2. The lowest BCUT2D eigenvalue weighted by Gasteiger charge is -2.12. The van der Waals surface area contributed by atoms with E-state index in [2.05, 4.69) is 16.4 Å². The number of hydrogen-bond acceptors (Lipinski definition) is 4. The van der Waals surface area contributed by atoms with Gasteiger partial charge in [-0.15, -0.1) is 0 Å². The molecule has 0 aliphatic rings. The normalized spacial score (nSPS) is 12.2. The average Bonchev–Trinajstić information content (AvgIpc) is 2.98. The van der Waals surface area contributed by atoms with Gasteiger partial charge in [-0.2, -0.15) is 5.26 Å². The molecule has 128 valence electrons. The third kappa shape index (κ3) is 3.33. The van der Waals surface area contributed by atoms with Crippen molar-refractivity contribution in [1.29, 1.82) is 5.26 Å². The van der Waals surface area contributed by atoms with E-state index in [0.29, 0.717) is 17.0 Å². The number of nitrogens with one attached hydrogen (secondary N) is 1. The van der Waals surface area contributed by atoms with Crippen LogP contribution < -0.4 is 5.32 Å². The van der Waals surface area contributed by atoms with Crippen LogP contribution in [0, 0.1) is 18.3 Å². The van der Waals surface area contributed by atoms with Crippen molar-refractivity contribution in [2.75, 3.05) is 5.75 Å². The van der Waals surface area contributed by atoms with Gasteiger partial charge in [0.1, 0.15) is 6.07 Å². The van der Waals surface area contributed by atoms with Crippen molar-refractivity contribution in [3.8, 4) is 6.07 Å². The number of carbonyl (C=O) groups is 1. The first kappa shape index (κ1) is 17.3. The zero-order valence-electron chi connectivity index (χ0n) is 14.5. The van der Waals surface area contributed by atoms with E-state index in [0.717, 1.165) is 28.0 Å². The van der Waals surface area contributed by atoms with Crippen LogP contribution in [0.2, 0.25) is 0 Å². The van der Waals surface area contributed by atoms with E-state index in [-0.39, 0.29) is 11.9 Å². The molecule has 5 nitrogen and oxygen atoms in total. The zero-order chi connectivity index (χ0) is 18.0. The topological polar surface area (TPSA) is 70.2 Å². The molecule has 0 spiro atoms. The first-order valence-electron chi connectivity index (χ1n) is 8.28. The maximum Gasteiger partial charge on any atom is 0.230 e. The van der Waals surface area contributed by atoms with E-state index in [1.807, 2.05) is 55.5 Å². The number of amides is 1. The summed E-state index contributed by atoms with van der Waals surface area (Å²) in [6.07, 6.45) is 0.906. The fourth-order valence-electron chi connectivity index (χ4n) is 2.72. The molecule has 1 atom stereocenters. The quantitative estimate of drug-likeness (QED) is 0.711. The van der Waals surface area contributed by atoms with Crippen molar-refractivity contribution in [2.45, 2.75) is 38.3 Å². The van der Waals surface area contributed by atoms with Gasteiger partial charge in [-0.1, -0.05) is 30.8 Å². The molecule has 6 heteroatoms. The van der Waals surface area contributed by atoms with Gasteiger partial charge in [0.2, 0.25) is 5.91 Å². The summed E-state index contributed by atoms with van der Waals surface area (Å²) in [6, 6.07) is 12.2. The van der Waals surface area contributed by atoms with Crippen LogP contribution in [0.4, 0.5) is 0 Å². The minimum Gasteiger partial charge on any atom is -0.353 e. The number of nitriles is 1. The van der Waals surface area contributed by atoms with Crippen LogP contribution >= 0.6 is 11.8 Å². The van der Waals surface area contributed by atoms with Crippen LogP contribution in [0.1, 0.15) is 31.4 Å². The summed E-state index contributed by atoms with van der Waals surface area (Å²) in [5, 5.41) is 13.4. The van der Waals surface area contributed by atoms with Crippen molar-refractivity contribution < 1.29 is 4.79 Å². The number of para-hydroxylation sites is 2. The minimum absolute atomic E-state index is 0.0129. The van der Waals surface area contributed by atoms with E-state index in [1.165, 1.54) is 11.8 Å². The smallest absolute Gasteiger partial charge is 0.230 e. The second-order valence-corrected chi connectivity index (χ2v) is 7.07. The van der Waals surface area contributed by atoms with Gasteiger partial charge >= 0.3 is 0 Å². The standard InChI is InChI=1S/C19H20N4OS/c1-4-13(3)21-17(24)11-25-18-9-12(2)14(10-20)19-22-15-7-5-6-8-16(15)23(18)19/h5-9,13H,4,11H2,1-3H3,(H,21,24)/t13-/m0/s1. The van der Waals surface area contributed by atoms with Gasteiger partial charge in [-0.25, -0.2) is 4.98 Å². The Morgan fingerprint density at radius 2 is 2.20 bits per heavy atom. The molecule has 1 N–H and O–H groups in total. The zero-order valence-corrected chi connectivity index (χ0v) is 15.4. The Morgan fingerprint density at radius 1 is 1.44 bits per heavy atom. The first-order chi connectivity index (χ1) is 12.0. The molecule has 3 rings (SSSR count). The molecule has 0 saturated carbocycles. The Labute approximate surface area is 151 Å². The first-order valence-corrected chi connectivity index (χ1v) is 9.26. The van der Waals surface area contributed by atoms with Gasteiger partial charge in [0.15, 0.2) is 5.65 Å². The lowest BCUT2D eigenvalue weighted by molar-refractivity contribution is -0.119. The lowest BCUT2D eigenvalue weighted by Crippen LogP contribution is -2.33. The summed E-state index contributed by atoms with van der Waals surface area (Å²) in [6.45, 7) is 5.94. The van der Waals surface area contributed by atoms with Crippen molar-refractivity contribution in [3.63, 3.8) is 0 Å². The lowest BCUT2D eigenvalue weighted by atomic mass is 10.2. The Balaban J connectivity index is 2.03. The molecule has 0 saturated heterocycles. The number of aromatic nitrogens is 2. The summed E-state index contributed by atoms with van der Waals surface area (Å²) < 4.78 is 1.97. The van der Waals surface area contributed by atoms with Crippen LogP contribution in [0.5, 0.6) is 0 Å². The number of imidazole rings is 1. The van der Waals surface area contributed by atoms with Gasteiger partial charge in [0, 0.05) is 6.04 Å². The molecule has 25 heavy (non-hydrogen) atoms. The van der Waals surface area contributed by atoms with Gasteiger partial charge in [-0.3, -0.25) is 9.20 Å².